The van der Waals surface area contributed by atoms with Gasteiger partial charge in [0.05, 0.1) is 5.56 Å². The van der Waals surface area contributed by atoms with Gasteiger partial charge < -0.3 is 11.1 Å². The molecule has 0 aliphatic carbocycles. The van der Waals surface area contributed by atoms with Crippen LogP contribution in [0.2, 0.25) is 0 Å². The first-order valence-corrected chi connectivity index (χ1v) is 8.01. The first-order chi connectivity index (χ1) is 11.8. The van der Waals surface area contributed by atoms with Crippen molar-refractivity contribution in [3.8, 4) is 0 Å². The smallest absolute Gasteiger partial charge is 0.354 e. The third-order valence-corrected chi connectivity index (χ3v) is 4.02. The molecule has 2 rings (SSSR count). The Morgan fingerprint density at radius 3 is 2.36 bits per heavy atom. The van der Waals surface area contributed by atoms with Gasteiger partial charge in [-0.2, -0.15) is 13.2 Å². The molecule has 0 spiro atoms. The SMILES string of the molecule is CC(CC(=O)NCC(N)c1ccccc1)c1cccc(C(F)(F)F)c1. The molecule has 0 bridgehead atoms. The summed E-state index contributed by atoms with van der Waals surface area (Å²) < 4.78 is 38.3. The summed E-state index contributed by atoms with van der Waals surface area (Å²) in [5.74, 6) is -0.563. The number of rotatable bonds is 6. The van der Waals surface area contributed by atoms with Crippen LogP contribution in [0.4, 0.5) is 13.2 Å². The highest BCUT2D eigenvalue weighted by Gasteiger charge is 2.30. The van der Waals surface area contributed by atoms with Gasteiger partial charge >= 0.3 is 6.18 Å². The Kier molecular flexibility index (Phi) is 6.20. The standard InChI is InChI=1S/C19H21F3N2O/c1-13(15-8-5-9-16(11-15)19(20,21)22)10-18(25)24-12-17(23)14-6-3-2-4-7-14/h2-9,11,13,17H,10,12,23H2,1H3,(H,24,25). The van der Waals surface area contributed by atoms with Crippen LogP contribution in [0.5, 0.6) is 0 Å². The van der Waals surface area contributed by atoms with Gasteiger partial charge in [-0.25, -0.2) is 0 Å². The zero-order chi connectivity index (χ0) is 18.4. The van der Waals surface area contributed by atoms with E-state index >= 15 is 0 Å². The second-order valence-electron chi connectivity index (χ2n) is 6.05. The summed E-state index contributed by atoms with van der Waals surface area (Å²) in [4.78, 5) is 12.1. The van der Waals surface area contributed by atoms with E-state index in [2.05, 4.69) is 5.32 Å². The van der Waals surface area contributed by atoms with Crippen LogP contribution in [0.15, 0.2) is 54.6 Å². The topological polar surface area (TPSA) is 55.1 Å². The third kappa shape index (κ3) is 5.60. The van der Waals surface area contributed by atoms with Crippen molar-refractivity contribution in [3.05, 3.63) is 71.3 Å². The number of alkyl halides is 3. The van der Waals surface area contributed by atoms with Gasteiger partial charge in [-0.1, -0.05) is 55.5 Å². The highest BCUT2D eigenvalue weighted by atomic mass is 19.4. The van der Waals surface area contributed by atoms with Crippen LogP contribution in [0.25, 0.3) is 0 Å². The fourth-order valence-corrected chi connectivity index (χ4v) is 2.53. The van der Waals surface area contributed by atoms with E-state index < -0.39 is 11.7 Å². The Labute approximate surface area is 145 Å². The van der Waals surface area contributed by atoms with E-state index in [-0.39, 0.29) is 30.8 Å². The Morgan fingerprint density at radius 1 is 1.08 bits per heavy atom. The average molecular weight is 350 g/mol. The number of carbonyl (C=O) groups excluding carboxylic acids is 1. The number of hydrogen-bond donors (Lipinski definition) is 2. The molecule has 1 amide bonds. The number of carbonyl (C=O) groups is 1. The second kappa shape index (κ2) is 8.16. The van der Waals surface area contributed by atoms with E-state index in [0.29, 0.717) is 5.56 Å². The molecule has 0 radical (unpaired) electrons. The van der Waals surface area contributed by atoms with Crippen molar-refractivity contribution in [2.45, 2.75) is 31.5 Å². The lowest BCUT2D eigenvalue weighted by Gasteiger charge is -2.16. The van der Waals surface area contributed by atoms with Gasteiger partial charge in [0.25, 0.3) is 0 Å². The van der Waals surface area contributed by atoms with Crippen molar-refractivity contribution in [1.82, 2.24) is 5.32 Å². The molecule has 2 unspecified atom stereocenters. The minimum atomic E-state index is -4.39. The molecule has 3 nitrogen and oxygen atoms in total. The average Bonchev–Trinajstić information content (AvgIpc) is 2.59. The lowest BCUT2D eigenvalue weighted by atomic mass is 9.95. The van der Waals surface area contributed by atoms with Crippen molar-refractivity contribution in [2.75, 3.05) is 6.54 Å². The first kappa shape index (κ1) is 19.0. The van der Waals surface area contributed by atoms with Gasteiger partial charge in [0.2, 0.25) is 5.91 Å². The summed E-state index contributed by atoms with van der Waals surface area (Å²) in [7, 11) is 0. The minimum Gasteiger partial charge on any atom is -0.354 e. The molecule has 25 heavy (non-hydrogen) atoms. The Balaban J connectivity index is 1.90. The summed E-state index contributed by atoms with van der Waals surface area (Å²) in [5, 5.41) is 2.74. The molecule has 0 heterocycles. The van der Waals surface area contributed by atoms with Crippen LogP contribution in [0, 0.1) is 0 Å². The highest BCUT2D eigenvalue weighted by molar-refractivity contribution is 5.76. The van der Waals surface area contributed by atoms with Crippen LogP contribution in [-0.4, -0.2) is 12.5 Å². The number of benzene rings is 2. The number of nitrogens with one attached hydrogen (secondary N) is 1. The van der Waals surface area contributed by atoms with Crippen molar-refractivity contribution in [1.29, 1.82) is 0 Å². The minimum absolute atomic E-state index is 0.100. The van der Waals surface area contributed by atoms with Crippen LogP contribution in [-0.2, 0) is 11.0 Å². The second-order valence-corrected chi connectivity index (χ2v) is 6.05. The number of hydrogen-bond acceptors (Lipinski definition) is 2. The molecular weight excluding hydrogens is 329 g/mol. The van der Waals surface area contributed by atoms with Crippen LogP contribution < -0.4 is 11.1 Å². The quantitative estimate of drug-likeness (QED) is 0.827. The van der Waals surface area contributed by atoms with Gasteiger partial charge in [-0.3, -0.25) is 4.79 Å². The first-order valence-electron chi connectivity index (χ1n) is 8.01. The summed E-state index contributed by atoms with van der Waals surface area (Å²) in [6.07, 6.45) is -4.29. The fourth-order valence-electron chi connectivity index (χ4n) is 2.53. The van der Waals surface area contributed by atoms with Crippen LogP contribution >= 0.6 is 0 Å². The monoisotopic (exact) mass is 350 g/mol. The van der Waals surface area contributed by atoms with E-state index in [1.54, 1.807) is 13.0 Å². The van der Waals surface area contributed by atoms with E-state index in [0.717, 1.165) is 17.7 Å². The molecule has 2 aromatic carbocycles. The maximum atomic E-state index is 12.8. The number of halogens is 3. The van der Waals surface area contributed by atoms with Gasteiger partial charge in [0, 0.05) is 19.0 Å². The molecular formula is C19H21F3N2O. The van der Waals surface area contributed by atoms with E-state index in [1.165, 1.54) is 6.07 Å². The van der Waals surface area contributed by atoms with E-state index in [9.17, 15) is 18.0 Å². The molecule has 0 saturated carbocycles. The van der Waals surface area contributed by atoms with Gasteiger partial charge in [0.15, 0.2) is 0 Å². The molecule has 3 N–H and O–H groups in total. The molecule has 0 fully saturated rings. The lowest BCUT2D eigenvalue weighted by molar-refractivity contribution is -0.137. The summed E-state index contributed by atoms with van der Waals surface area (Å²) in [6.45, 7) is 2.00. The summed E-state index contributed by atoms with van der Waals surface area (Å²) in [5.41, 5.74) is 6.70. The normalized spacial score (nSPS) is 14.0. The van der Waals surface area contributed by atoms with Crippen LogP contribution in [0.3, 0.4) is 0 Å². The maximum Gasteiger partial charge on any atom is 0.416 e. The van der Waals surface area contributed by atoms with E-state index in [4.69, 9.17) is 5.73 Å². The number of amides is 1. The largest absolute Gasteiger partial charge is 0.416 e. The molecule has 2 aromatic rings. The molecule has 0 aliphatic heterocycles. The molecule has 6 heteroatoms. The lowest BCUT2D eigenvalue weighted by Crippen LogP contribution is -2.32. The molecule has 0 saturated heterocycles. The molecule has 0 aliphatic rings. The Morgan fingerprint density at radius 2 is 1.72 bits per heavy atom. The zero-order valence-electron chi connectivity index (χ0n) is 13.9. The zero-order valence-corrected chi connectivity index (χ0v) is 13.9. The maximum absolute atomic E-state index is 12.8. The highest BCUT2D eigenvalue weighted by Crippen LogP contribution is 2.31. The van der Waals surface area contributed by atoms with Crippen molar-refractivity contribution in [2.24, 2.45) is 5.73 Å². The van der Waals surface area contributed by atoms with Gasteiger partial charge in [-0.15, -0.1) is 0 Å². The molecule has 0 aromatic heterocycles. The van der Waals surface area contributed by atoms with Gasteiger partial charge in [-0.05, 0) is 23.1 Å². The Hall–Kier alpha value is -2.34. The predicted octanol–water partition coefficient (Wildman–Crippen LogP) is 4.02. The van der Waals surface area contributed by atoms with Crippen molar-refractivity contribution < 1.29 is 18.0 Å². The summed E-state index contributed by atoms with van der Waals surface area (Å²) >= 11 is 0. The van der Waals surface area contributed by atoms with Crippen LogP contribution in [0.1, 0.15) is 42.0 Å². The number of nitrogens with two attached hydrogens (primary N) is 1. The third-order valence-electron chi connectivity index (χ3n) is 4.02. The molecule has 2 atom stereocenters. The predicted molar refractivity (Wildman–Crippen MR) is 90.9 cm³/mol. The fraction of sp³-hybridized carbons (Fsp3) is 0.316. The van der Waals surface area contributed by atoms with Crippen molar-refractivity contribution in [3.63, 3.8) is 0 Å². The molecule has 134 valence electrons. The van der Waals surface area contributed by atoms with E-state index in [1.807, 2.05) is 30.3 Å². The Bertz CT molecular complexity index is 701. The van der Waals surface area contributed by atoms with Gasteiger partial charge in [0.1, 0.15) is 0 Å². The van der Waals surface area contributed by atoms with Crippen molar-refractivity contribution >= 4 is 5.91 Å². The summed E-state index contributed by atoms with van der Waals surface area (Å²) in [6, 6.07) is 14.1.